The predicted molar refractivity (Wildman–Crippen MR) is 99.3 cm³/mol. The van der Waals surface area contributed by atoms with Crippen LogP contribution in [0.25, 0.3) is 0 Å². The van der Waals surface area contributed by atoms with Crippen molar-refractivity contribution in [3.8, 4) is 11.5 Å². The van der Waals surface area contributed by atoms with Crippen molar-refractivity contribution in [2.24, 2.45) is 0 Å². The number of amides is 1. The van der Waals surface area contributed by atoms with Crippen LogP contribution in [0.5, 0.6) is 11.5 Å². The van der Waals surface area contributed by atoms with Crippen LogP contribution in [0.4, 0.5) is 0 Å². The Bertz CT molecular complexity index is 687. The van der Waals surface area contributed by atoms with Gasteiger partial charge in [-0.05, 0) is 37.9 Å². The number of methoxy groups -OCH3 is 2. The third kappa shape index (κ3) is 5.22. The molecule has 2 rings (SSSR count). The number of carbonyl (C=O) groups is 1. The van der Waals surface area contributed by atoms with E-state index >= 15 is 0 Å². The van der Waals surface area contributed by atoms with Crippen LogP contribution in [0.1, 0.15) is 15.9 Å². The predicted octanol–water partition coefficient (Wildman–Crippen LogP) is 2.91. The smallest absolute Gasteiger partial charge is 0.254 e. The van der Waals surface area contributed by atoms with Gasteiger partial charge in [0.05, 0.1) is 14.2 Å². The number of hydrogen-bond donors (Lipinski definition) is 0. The lowest BCUT2D eigenvalue weighted by Crippen LogP contribution is -2.36. The van der Waals surface area contributed by atoms with Gasteiger partial charge < -0.3 is 19.3 Å². The average Bonchev–Trinajstić information content (AvgIpc) is 2.64. The molecule has 0 heterocycles. The molecule has 0 spiro atoms. The molecule has 0 N–H and O–H groups in total. The maximum absolute atomic E-state index is 13.0. The van der Waals surface area contributed by atoms with Crippen LogP contribution in [0.2, 0.25) is 0 Å². The van der Waals surface area contributed by atoms with E-state index in [4.69, 9.17) is 9.47 Å². The number of ether oxygens (including phenoxy) is 2. The molecular weight excluding hydrogens is 316 g/mol. The van der Waals surface area contributed by atoms with Gasteiger partial charge in [-0.15, -0.1) is 0 Å². The van der Waals surface area contributed by atoms with Crippen molar-refractivity contribution in [3.05, 3.63) is 59.7 Å². The molecule has 0 radical (unpaired) electrons. The Balaban J connectivity index is 2.24. The maximum atomic E-state index is 13.0. The lowest BCUT2D eigenvalue weighted by molar-refractivity contribution is 0.0731. The Morgan fingerprint density at radius 3 is 2.20 bits per heavy atom. The summed E-state index contributed by atoms with van der Waals surface area (Å²) in [6, 6.07) is 15.3. The summed E-state index contributed by atoms with van der Waals surface area (Å²) in [7, 11) is 7.15. The summed E-state index contributed by atoms with van der Waals surface area (Å²) in [5.41, 5.74) is 1.70. The molecule has 25 heavy (non-hydrogen) atoms. The number of carbonyl (C=O) groups excluding carboxylic acids is 1. The van der Waals surface area contributed by atoms with Crippen molar-refractivity contribution >= 4 is 5.91 Å². The molecule has 5 nitrogen and oxygen atoms in total. The van der Waals surface area contributed by atoms with Gasteiger partial charge in [0.15, 0.2) is 11.5 Å². The summed E-state index contributed by atoms with van der Waals surface area (Å²) in [4.78, 5) is 17.0. The van der Waals surface area contributed by atoms with Crippen molar-refractivity contribution < 1.29 is 14.3 Å². The molecule has 0 aliphatic carbocycles. The molecule has 0 aromatic heterocycles. The minimum absolute atomic E-state index is 0.0216. The summed E-state index contributed by atoms with van der Waals surface area (Å²) in [6.45, 7) is 2.02. The first-order valence-electron chi connectivity index (χ1n) is 8.25. The van der Waals surface area contributed by atoms with E-state index in [-0.39, 0.29) is 5.91 Å². The van der Waals surface area contributed by atoms with Gasteiger partial charge in [-0.25, -0.2) is 0 Å². The van der Waals surface area contributed by atoms with Crippen LogP contribution >= 0.6 is 0 Å². The molecule has 1 amide bonds. The zero-order valence-electron chi connectivity index (χ0n) is 15.4. The average molecular weight is 342 g/mol. The van der Waals surface area contributed by atoms with E-state index < -0.39 is 0 Å². The molecule has 134 valence electrons. The fraction of sp³-hybridized carbons (Fsp3) is 0.350. The molecule has 0 atom stereocenters. The summed E-state index contributed by atoms with van der Waals surface area (Å²) in [5.74, 6) is 1.15. The second-order valence-electron chi connectivity index (χ2n) is 6.09. The molecule has 0 fully saturated rings. The van der Waals surface area contributed by atoms with Crippen LogP contribution in [0, 0.1) is 0 Å². The lowest BCUT2D eigenvalue weighted by Gasteiger charge is -2.25. The van der Waals surface area contributed by atoms with Gasteiger partial charge in [0.1, 0.15) is 0 Å². The number of nitrogens with zero attached hydrogens (tertiary/aromatic N) is 2. The van der Waals surface area contributed by atoms with Gasteiger partial charge in [-0.2, -0.15) is 0 Å². The third-order valence-corrected chi connectivity index (χ3v) is 3.95. The summed E-state index contributed by atoms with van der Waals surface area (Å²) in [5, 5.41) is 0. The normalized spacial score (nSPS) is 10.6. The van der Waals surface area contributed by atoms with Crippen LogP contribution in [0.15, 0.2) is 48.5 Å². The highest BCUT2D eigenvalue weighted by Gasteiger charge is 2.18. The van der Waals surface area contributed by atoms with Gasteiger partial charge in [-0.3, -0.25) is 4.79 Å². The van der Waals surface area contributed by atoms with Crippen LogP contribution < -0.4 is 9.47 Å². The van der Waals surface area contributed by atoms with E-state index in [1.165, 1.54) is 0 Å². The van der Waals surface area contributed by atoms with Crippen molar-refractivity contribution in [2.75, 3.05) is 41.4 Å². The molecular formula is C20H26N2O3. The Kier molecular flexibility index (Phi) is 6.83. The monoisotopic (exact) mass is 342 g/mol. The van der Waals surface area contributed by atoms with Gasteiger partial charge >= 0.3 is 0 Å². The van der Waals surface area contributed by atoms with Gasteiger partial charge in [-0.1, -0.05) is 30.3 Å². The maximum Gasteiger partial charge on any atom is 0.254 e. The quantitative estimate of drug-likeness (QED) is 0.740. The summed E-state index contributed by atoms with van der Waals surface area (Å²) >= 11 is 0. The molecule has 0 aliphatic rings. The minimum Gasteiger partial charge on any atom is -0.493 e. The zero-order valence-corrected chi connectivity index (χ0v) is 15.4. The van der Waals surface area contributed by atoms with E-state index in [0.29, 0.717) is 30.2 Å². The molecule has 0 unspecified atom stereocenters. The van der Waals surface area contributed by atoms with Gasteiger partial charge in [0, 0.05) is 25.2 Å². The molecule has 0 bridgehead atoms. The molecule has 2 aromatic rings. The Morgan fingerprint density at radius 2 is 1.60 bits per heavy atom. The fourth-order valence-electron chi connectivity index (χ4n) is 2.53. The van der Waals surface area contributed by atoms with Crippen molar-refractivity contribution in [3.63, 3.8) is 0 Å². The van der Waals surface area contributed by atoms with E-state index in [9.17, 15) is 4.79 Å². The molecule has 0 saturated carbocycles. The van der Waals surface area contributed by atoms with Crippen molar-refractivity contribution in [1.82, 2.24) is 9.80 Å². The number of rotatable bonds is 8. The number of likely N-dealkylation sites (N-methyl/N-ethyl adjacent to an activating group) is 1. The minimum atomic E-state index is -0.0216. The second-order valence-corrected chi connectivity index (χ2v) is 6.09. The Hall–Kier alpha value is -2.53. The van der Waals surface area contributed by atoms with E-state index in [1.807, 2.05) is 49.3 Å². The molecule has 5 heteroatoms. The number of hydrogen-bond acceptors (Lipinski definition) is 4. The van der Waals surface area contributed by atoms with E-state index in [0.717, 1.165) is 12.1 Å². The Morgan fingerprint density at radius 1 is 0.920 bits per heavy atom. The number of benzene rings is 2. The standard InChI is InChI=1S/C20H26N2O3/c1-21(2)12-13-22(15-16-8-6-5-7-9-16)20(23)17-10-11-18(24-3)19(14-17)25-4/h5-11,14H,12-13,15H2,1-4H3. The Labute approximate surface area is 149 Å². The first-order valence-corrected chi connectivity index (χ1v) is 8.25. The summed E-state index contributed by atoms with van der Waals surface area (Å²) in [6.07, 6.45) is 0. The second kappa shape index (κ2) is 9.08. The van der Waals surface area contributed by atoms with Crippen molar-refractivity contribution in [1.29, 1.82) is 0 Å². The highest BCUT2D eigenvalue weighted by Crippen LogP contribution is 2.28. The largest absolute Gasteiger partial charge is 0.493 e. The SMILES string of the molecule is COc1ccc(C(=O)N(CCN(C)C)Cc2ccccc2)cc1OC. The van der Waals surface area contributed by atoms with Crippen LogP contribution in [-0.2, 0) is 6.54 Å². The van der Waals surface area contributed by atoms with Crippen LogP contribution in [-0.4, -0.2) is 57.1 Å². The first-order chi connectivity index (χ1) is 12.0. The van der Waals surface area contributed by atoms with Crippen molar-refractivity contribution in [2.45, 2.75) is 6.54 Å². The highest BCUT2D eigenvalue weighted by atomic mass is 16.5. The highest BCUT2D eigenvalue weighted by molar-refractivity contribution is 5.95. The lowest BCUT2D eigenvalue weighted by atomic mass is 10.1. The van der Waals surface area contributed by atoms with Gasteiger partial charge in [0.25, 0.3) is 5.91 Å². The zero-order chi connectivity index (χ0) is 18.2. The summed E-state index contributed by atoms with van der Waals surface area (Å²) < 4.78 is 10.6. The molecule has 0 saturated heterocycles. The molecule has 0 aliphatic heterocycles. The third-order valence-electron chi connectivity index (χ3n) is 3.95. The van der Waals surface area contributed by atoms with E-state index in [2.05, 4.69) is 4.90 Å². The van der Waals surface area contributed by atoms with Crippen LogP contribution in [0.3, 0.4) is 0 Å². The van der Waals surface area contributed by atoms with Gasteiger partial charge in [0.2, 0.25) is 0 Å². The van der Waals surface area contributed by atoms with E-state index in [1.54, 1.807) is 32.4 Å². The topological polar surface area (TPSA) is 42.0 Å². The molecule has 2 aromatic carbocycles. The first kappa shape index (κ1) is 18.8. The fourth-order valence-corrected chi connectivity index (χ4v) is 2.53.